The van der Waals surface area contributed by atoms with Crippen molar-refractivity contribution in [2.45, 2.75) is 18.2 Å². The van der Waals surface area contributed by atoms with Gasteiger partial charge in [0, 0.05) is 33.2 Å². The number of halogens is 3. The van der Waals surface area contributed by atoms with E-state index in [0.29, 0.717) is 12.0 Å². The zero-order valence-corrected chi connectivity index (χ0v) is 13.0. The Morgan fingerprint density at radius 2 is 2.11 bits per heavy atom. The zero-order valence-electron chi connectivity index (χ0n) is 9.83. The fourth-order valence-corrected chi connectivity index (χ4v) is 2.78. The fourth-order valence-electron chi connectivity index (χ4n) is 1.77. The van der Waals surface area contributed by atoms with Gasteiger partial charge in [0.25, 0.3) is 0 Å². The van der Waals surface area contributed by atoms with Crippen LogP contribution < -0.4 is 0 Å². The molecule has 94 valence electrons. The molecule has 0 amide bonds. The summed E-state index contributed by atoms with van der Waals surface area (Å²) in [4.78, 5) is 4.26. The monoisotopic (exact) mass is 371 g/mol. The average Bonchev–Trinajstić information content (AvgIpc) is 2.32. The Morgan fingerprint density at radius 1 is 1.33 bits per heavy atom. The van der Waals surface area contributed by atoms with Gasteiger partial charge in [0.05, 0.1) is 0 Å². The summed E-state index contributed by atoms with van der Waals surface area (Å²) in [5.74, 6) is -0.208. The summed E-state index contributed by atoms with van der Waals surface area (Å²) in [6, 6.07) is 9.03. The SMILES string of the molecule is Cc1cccnc1CC(Br)c1ccc(Br)cc1F. The quantitative estimate of drug-likeness (QED) is 0.693. The van der Waals surface area contributed by atoms with Crippen molar-refractivity contribution in [3.63, 3.8) is 0 Å². The van der Waals surface area contributed by atoms with Crippen LogP contribution in [-0.2, 0) is 6.42 Å². The van der Waals surface area contributed by atoms with Crippen molar-refractivity contribution in [1.82, 2.24) is 4.98 Å². The number of benzene rings is 1. The van der Waals surface area contributed by atoms with Gasteiger partial charge in [-0.3, -0.25) is 4.98 Å². The highest BCUT2D eigenvalue weighted by Gasteiger charge is 2.15. The van der Waals surface area contributed by atoms with E-state index >= 15 is 0 Å². The summed E-state index contributed by atoms with van der Waals surface area (Å²) in [5.41, 5.74) is 2.77. The largest absolute Gasteiger partial charge is 0.261 e. The summed E-state index contributed by atoms with van der Waals surface area (Å²) in [5, 5.41) is 0. The highest BCUT2D eigenvalue weighted by atomic mass is 79.9. The number of hydrogen-bond acceptors (Lipinski definition) is 1. The van der Waals surface area contributed by atoms with E-state index in [1.807, 2.05) is 25.1 Å². The Labute approximate surface area is 123 Å². The van der Waals surface area contributed by atoms with E-state index in [0.717, 1.165) is 15.7 Å². The van der Waals surface area contributed by atoms with Crippen LogP contribution in [0.15, 0.2) is 41.0 Å². The average molecular weight is 373 g/mol. The highest BCUT2D eigenvalue weighted by Crippen LogP contribution is 2.30. The third-order valence-corrected chi connectivity index (χ3v) is 4.10. The van der Waals surface area contributed by atoms with Gasteiger partial charge in [-0.15, -0.1) is 0 Å². The molecule has 0 spiro atoms. The van der Waals surface area contributed by atoms with Crippen LogP contribution in [0.5, 0.6) is 0 Å². The van der Waals surface area contributed by atoms with Crippen molar-refractivity contribution in [3.8, 4) is 0 Å². The molecule has 0 fully saturated rings. The van der Waals surface area contributed by atoms with E-state index in [1.54, 1.807) is 12.3 Å². The zero-order chi connectivity index (χ0) is 13.1. The summed E-state index contributed by atoms with van der Waals surface area (Å²) in [6.45, 7) is 2.01. The fraction of sp³-hybridized carbons (Fsp3) is 0.214. The molecule has 4 heteroatoms. The minimum atomic E-state index is -0.208. The molecular weight excluding hydrogens is 361 g/mol. The van der Waals surface area contributed by atoms with E-state index < -0.39 is 0 Å². The van der Waals surface area contributed by atoms with Gasteiger partial charge >= 0.3 is 0 Å². The van der Waals surface area contributed by atoms with Crippen molar-refractivity contribution in [1.29, 1.82) is 0 Å². The topological polar surface area (TPSA) is 12.9 Å². The number of aromatic nitrogens is 1. The Balaban J connectivity index is 2.22. The van der Waals surface area contributed by atoms with Crippen molar-refractivity contribution < 1.29 is 4.39 Å². The molecule has 1 unspecified atom stereocenters. The molecule has 0 aliphatic heterocycles. The first kappa shape index (κ1) is 13.7. The van der Waals surface area contributed by atoms with E-state index in [4.69, 9.17) is 0 Å². The first-order valence-corrected chi connectivity index (χ1v) is 7.28. The lowest BCUT2D eigenvalue weighted by molar-refractivity contribution is 0.606. The lowest BCUT2D eigenvalue weighted by Gasteiger charge is -2.12. The smallest absolute Gasteiger partial charge is 0.128 e. The molecule has 0 saturated heterocycles. The van der Waals surface area contributed by atoms with Crippen molar-refractivity contribution >= 4 is 31.9 Å². The van der Waals surface area contributed by atoms with E-state index in [-0.39, 0.29) is 10.6 Å². The maximum atomic E-state index is 13.8. The standard InChI is InChI=1S/C14H12Br2FN/c1-9-3-2-6-18-14(9)8-12(16)11-5-4-10(15)7-13(11)17/h2-7,12H,8H2,1H3. The summed E-state index contributed by atoms with van der Waals surface area (Å²) < 4.78 is 14.6. The second-order valence-corrected chi connectivity index (χ2v) is 6.13. The number of pyridine rings is 1. The van der Waals surface area contributed by atoms with Crippen LogP contribution in [0.2, 0.25) is 0 Å². The Bertz CT molecular complexity index is 557. The molecule has 0 N–H and O–H groups in total. The van der Waals surface area contributed by atoms with Crippen molar-refractivity contribution in [2.24, 2.45) is 0 Å². The molecule has 0 radical (unpaired) electrons. The summed E-state index contributed by atoms with van der Waals surface area (Å²) in [6.07, 6.45) is 2.44. The van der Waals surface area contributed by atoms with E-state index in [1.165, 1.54) is 6.07 Å². The summed E-state index contributed by atoms with van der Waals surface area (Å²) in [7, 11) is 0. The minimum absolute atomic E-state index is 0.0702. The number of rotatable bonds is 3. The lowest BCUT2D eigenvalue weighted by Crippen LogP contribution is -2.02. The predicted molar refractivity (Wildman–Crippen MR) is 78.4 cm³/mol. The first-order valence-electron chi connectivity index (χ1n) is 5.57. The van der Waals surface area contributed by atoms with Gasteiger partial charge < -0.3 is 0 Å². The molecule has 0 aliphatic carbocycles. The molecule has 1 nitrogen and oxygen atoms in total. The molecule has 1 heterocycles. The number of aryl methyl sites for hydroxylation is 1. The van der Waals surface area contributed by atoms with Crippen molar-refractivity contribution in [3.05, 3.63) is 63.6 Å². The Morgan fingerprint density at radius 3 is 2.78 bits per heavy atom. The van der Waals surface area contributed by atoms with Gasteiger partial charge in [0.2, 0.25) is 0 Å². The first-order chi connectivity index (χ1) is 8.58. The number of alkyl halides is 1. The highest BCUT2D eigenvalue weighted by molar-refractivity contribution is 9.10. The maximum absolute atomic E-state index is 13.8. The van der Waals surface area contributed by atoms with Crippen LogP contribution in [0.25, 0.3) is 0 Å². The third-order valence-electron chi connectivity index (χ3n) is 2.79. The molecule has 0 bridgehead atoms. The number of hydrogen-bond donors (Lipinski definition) is 0. The Kier molecular flexibility index (Phi) is 4.51. The molecular formula is C14H12Br2FN. The van der Waals surface area contributed by atoms with Crippen LogP contribution in [0.4, 0.5) is 4.39 Å². The van der Waals surface area contributed by atoms with E-state index in [9.17, 15) is 4.39 Å². The second kappa shape index (κ2) is 5.93. The van der Waals surface area contributed by atoms with Gasteiger partial charge in [-0.05, 0) is 30.7 Å². The molecule has 2 rings (SSSR count). The summed E-state index contributed by atoms with van der Waals surface area (Å²) >= 11 is 6.79. The van der Waals surface area contributed by atoms with Crippen molar-refractivity contribution in [2.75, 3.05) is 0 Å². The van der Waals surface area contributed by atoms with Gasteiger partial charge in [-0.25, -0.2) is 4.39 Å². The maximum Gasteiger partial charge on any atom is 0.128 e. The third kappa shape index (κ3) is 3.18. The van der Waals surface area contributed by atoms with Gasteiger partial charge in [0.15, 0.2) is 0 Å². The van der Waals surface area contributed by atoms with Gasteiger partial charge in [0.1, 0.15) is 5.82 Å². The number of nitrogens with zero attached hydrogens (tertiary/aromatic N) is 1. The molecule has 0 saturated carbocycles. The van der Waals surface area contributed by atoms with Crippen LogP contribution in [0.1, 0.15) is 21.6 Å². The molecule has 2 aromatic rings. The molecule has 1 aromatic carbocycles. The van der Waals surface area contributed by atoms with Crippen LogP contribution in [-0.4, -0.2) is 4.98 Å². The molecule has 1 atom stereocenters. The Hall–Kier alpha value is -0.740. The second-order valence-electron chi connectivity index (χ2n) is 4.10. The minimum Gasteiger partial charge on any atom is -0.261 e. The van der Waals surface area contributed by atoms with Gasteiger partial charge in [-0.2, -0.15) is 0 Å². The molecule has 0 aliphatic rings. The molecule has 1 aromatic heterocycles. The van der Waals surface area contributed by atoms with E-state index in [2.05, 4.69) is 36.8 Å². The normalized spacial score (nSPS) is 12.4. The van der Waals surface area contributed by atoms with Crippen LogP contribution in [0, 0.1) is 12.7 Å². The predicted octanol–water partition coefficient (Wildman–Crippen LogP) is 4.97. The van der Waals surface area contributed by atoms with Gasteiger partial charge in [-0.1, -0.05) is 44.0 Å². The molecule has 18 heavy (non-hydrogen) atoms. The lowest BCUT2D eigenvalue weighted by atomic mass is 10.0. The van der Waals surface area contributed by atoms with Crippen LogP contribution >= 0.6 is 31.9 Å². The van der Waals surface area contributed by atoms with Crippen LogP contribution in [0.3, 0.4) is 0 Å².